The van der Waals surface area contributed by atoms with Crippen molar-refractivity contribution < 1.29 is 19.0 Å². The summed E-state index contributed by atoms with van der Waals surface area (Å²) < 4.78 is 18.7. The molecule has 1 aliphatic carbocycles. The zero-order chi connectivity index (χ0) is 16.4. The standard InChI is InChI=1S/C17H21ClFNO3/c18-14-9-12(19)5-4-11(14)8-17(22)20-6-7-23-10-15(20)13-2-1-3-16(13)21/h4-5,9,13,15-16,21H,1-3,6-8,10H2. The number of amides is 1. The summed E-state index contributed by atoms with van der Waals surface area (Å²) in [5.74, 6) is -0.390. The summed E-state index contributed by atoms with van der Waals surface area (Å²) in [4.78, 5) is 14.5. The number of aliphatic hydroxyl groups is 1. The van der Waals surface area contributed by atoms with Crippen molar-refractivity contribution in [2.24, 2.45) is 5.92 Å². The minimum atomic E-state index is -0.412. The van der Waals surface area contributed by atoms with Crippen molar-refractivity contribution in [2.45, 2.75) is 37.8 Å². The maximum Gasteiger partial charge on any atom is 0.227 e. The fourth-order valence-corrected chi connectivity index (χ4v) is 3.87. The van der Waals surface area contributed by atoms with Crippen LogP contribution < -0.4 is 0 Å². The van der Waals surface area contributed by atoms with E-state index >= 15 is 0 Å². The molecule has 1 saturated heterocycles. The first-order valence-corrected chi connectivity index (χ1v) is 8.43. The summed E-state index contributed by atoms with van der Waals surface area (Å²) in [7, 11) is 0. The molecule has 3 unspecified atom stereocenters. The highest BCUT2D eigenvalue weighted by atomic mass is 35.5. The number of halogens is 2. The molecule has 0 bridgehead atoms. The first kappa shape index (κ1) is 16.7. The number of morpholine rings is 1. The van der Waals surface area contributed by atoms with E-state index in [0.29, 0.717) is 25.3 Å². The second-order valence-electron chi connectivity index (χ2n) is 6.30. The van der Waals surface area contributed by atoms with Crippen molar-refractivity contribution in [1.29, 1.82) is 0 Å². The Labute approximate surface area is 140 Å². The lowest BCUT2D eigenvalue weighted by Gasteiger charge is -2.40. The largest absolute Gasteiger partial charge is 0.393 e. The van der Waals surface area contributed by atoms with Crippen LogP contribution >= 0.6 is 11.6 Å². The van der Waals surface area contributed by atoms with Crippen molar-refractivity contribution in [3.63, 3.8) is 0 Å². The molecule has 1 N–H and O–H groups in total. The van der Waals surface area contributed by atoms with Gasteiger partial charge in [0, 0.05) is 17.5 Å². The fourth-order valence-electron chi connectivity index (χ4n) is 3.63. The summed E-state index contributed by atoms with van der Waals surface area (Å²) in [6, 6.07) is 4.00. The number of hydrogen-bond donors (Lipinski definition) is 1. The minimum absolute atomic E-state index is 0.0501. The Morgan fingerprint density at radius 1 is 1.43 bits per heavy atom. The molecule has 1 saturated carbocycles. The van der Waals surface area contributed by atoms with Crippen LogP contribution in [0.1, 0.15) is 24.8 Å². The normalized spacial score (nSPS) is 28.1. The van der Waals surface area contributed by atoms with E-state index in [-0.39, 0.29) is 35.4 Å². The molecule has 23 heavy (non-hydrogen) atoms. The van der Waals surface area contributed by atoms with Crippen molar-refractivity contribution in [3.8, 4) is 0 Å². The van der Waals surface area contributed by atoms with Crippen molar-refractivity contribution >= 4 is 17.5 Å². The van der Waals surface area contributed by atoms with Crippen LogP contribution in [0.2, 0.25) is 5.02 Å². The molecule has 0 radical (unpaired) electrons. The lowest BCUT2D eigenvalue weighted by Crippen LogP contribution is -2.54. The Bertz CT molecular complexity index is 583. The molecule has 1 aromatic carbocycles. The van der Waals surface area contributed by atoms with E-state index in [4.69, 9.17) is 16.3 Å². The zero-order valence-corrected chi connectivity index (χ0v) is 13.6. The summed E-state index contributed by atoms with van der Waals surface area (Å²) in [5, 5.41) is 10.4. The maximum atomic E-state index is 13.1. The quantitative estimate of drug-likeness (QED) is 0.918. The zero-order valence-electron chi connectivity index (χ0n) is 12.9. The Hall–Kier alpha value is -1.17. The lowest BCUT2D eigenvalue weighted by molar-refractivity contribution is -0.143. The SMILES string of the molecule is O=C(Cc1ccc(F)cc1Cl)N1CCOCC1C1CCCC1O. The molecule has 4 nitrogen and oxygen atoms in total. The molecular formula is C17H21ClFNO3. The van der Waals surface area contributed by atoms with Gasteiger partial charge in [-0.2, -0.15) is 0 Å². The molecule has 3 rings (SSSR count). The van der Waals surface area contributed by atoms with Crippen LogP contribution in [0.4, 0.5) is 4.39 Å². The van der Waals surface area contributed by atoms with Gasteiger partial charge in [0.2, 0.25) is 5.91 Å². The van der Waals surface area contributed by atoms with Crippen LogP contribution in [0.5, 0.6) is 0 Å². The van der Waals surface area contributed by atoms with Crippen molar-refractivity contribution in [2.75, 3.05) is 19.8 Å². The van der Waals surface area contributed by atoms with Crippen LogP contribution in [0, 0.1) is 11.7 Å². The van der Waals surface area contributed by atoms with Crippen molar-refractivity contribution in [1.82, 2.24) is 4.90 Å². The smallest absolute Gasteiger partial charge is 0.227 e. The number of rotatable bonds is 3. The van der Waals surface area contributed by atoms with Gasteiger partial charge in [0.05, 0.1) is 31.8 Å². The van der Waals surface area contributed by atoms with Crippen LogP contribution in [0.25, 0.3) is 0 Å². The third-order valence-electron chi connectivity index (χ3n) is 4.87. The van der Waals surface area contributed by atoms with Crippen LogP contribution in [0.15, 0.2) is 18.2 Å². The number of hydrogen-bond acceptors (Lipinski definition) is 3. The number of nitrogens with zero attached hydrogens (tertiary/aromatic N) is 1. The Balaban J connectivity index is 1.73. The number of ether oxygens (including phenoxy) is 1. The van der Waals surface area contributed by atoms with E-state index in [1.807, 2.05) is 4.90 Å². The highest BCUT2D eigenvalue weighted by Crippen LogP contribution is 2.32. The highest BCUT2D eigenvalue weighted by molar-refractivity contribution is 6.31. The lowest BCUT2D eigenvalue weighted by atomic mass is 9.93. The second kappa shape index (κ2) is 7.16. The molecule has 6 heteroatoms. The van der Waals surface area contributed by atoms with E-state index in [1.165, 1.54) is 12.1 Å². The van der Waals surface area contributed by atoms with Gasteiger partial charge in [0.25, 0.3) is 0 Å². The van der Waals surface area contributed by atoms with Gasteiger partial charge in [0.15, 0.2) is 0 Å². The molecule has 0 spiro atoms. The number of aliphatic hydroxyl groups excluding tert-OH is 1. The van der Waals surface area contributed by atoms with Crippen molar-refractivity contribution in [3.05, 3.63) is 34.6 Å². The monoisotopic (exact) mass is 341 g/mol. The van der Waals surface area contributed by atoms with Gasteiger partial charge < -0.3 is 14.7 Å². The molecule has 126 valence electrons. The Kier molecular flexibility index (Phi) is 5.19. The highest BCUT2D eigenvalue weighted by Gasteiger charge is 2.39. The third-order valence-corrected chi connectivity index (χ3v) is 5.22. The number of carbonyl (C=O) groups is 1. The number of benzene rings is 1. The van der Waals surface area contributed by atoms with Gasteiger partial charge in [-0.25, -0.2) is 4.39 Å². The molecule has 1 aromatic rings. The predicted octanol–water partition coefficient (Wildman–Crippen LogP) is 2.41. The summed E-state index contributed by atoms with van der Waals surface area (Å²) in [5.41, 5.74) is 0.621. The van der Waals surface area contributed by atoms with Crippen LogP contribution in [0.3, 0.4) is 0 Å². The van der Waals surface area contributed by atoms with Gasteiger partial charge >= 0.3 is 0 Å². The molecule has 3 atom stereocenters. The first-order valence-electron chi connectivity index (χ1n) is 8.05. The first-order chi connectivity index (χ1) is 11.1. The Morgan fingerprint density at radius 3 is 2.96 bits per heavy atom. The molecule has 2 aliphatic rings. The van der Waals surface area contributed by atoms with E-state index in [0.717, 1.165) is 19.3 Å². The topological polar surface area (TPSA) is 49.8 Å². The predicted molar refractivity (Wildman–Crippen MR) is 84.8 cm³/mol. The van der Waals surface area contributed by atoms with Crippen LogP contribution in [-0.4, -0.2) is 47.8 Å². The summed E-state index contributed by atoms with van der Waals surface area (Å²) in [6.07, 6.45) is 2.45. The van der Waals surface area contributed by atoms with E-state index in [2.05, 4.69) is 0 Å². The van der Waals surface area contributed by atoms with Gasteiger partial charge in [0.1, 0.15) is 5.82 Å². The molecule has 0 aromatic heterocycles. The molecule has 1 amide bonds. The fraction of sp³-hybridized carbons (Fsp3) is 0.588. The maximum absolute atomic E-state index is 13.1. The molecule has 1 heterocycles. The van der Waals surface area contributed by atoms with Gasteiger partial charge in [-0.3, -0.25) is 4.79 Å². The summed E-state index contributed by atoms with van der Waals surface area (Å²) >= 11 is 6.02. The molecule has 2 fully saturated rings. The molecule has 1 aliphatic heterocycles. The average Bonchev–Trinajstić information content (AvgIpc) is 2.96. The third kappa shape index (κ3) is 3.67. The Morgan fingerprint density at radius 2 is 2.26 bits per heavy atom. The minimum Gasteiger partial charge on any atom is -0.393 e. The van der Waals surface area contributed by atoms with E-state index in [1.54, 1.807) is 6.07 Å². The molecular weight excluding hydrogens is 321 g/mol. The second-order valence-corrected chi connectivity index (χ2v) is 6.71. The number of carbonyl (C=O) groups excluding carboxylic acids is 1. The summed E-state index contributed by atoms with van der Waals surface area (Å²) in [6.45, 7) is 1.48. The van der Waals surface area contributed by atoms with Gasteiger partial charge in [-0.15, -0.1) is 0 Å². The average molecular weight is 342 g/mol. The van der Waals surface area contributed by atoms with Crippen LogP contribution in [-0.2, 0) is 16.0 Å². The van der Waals surface area contributed by atoms with E-state index in [9.17, 15) is 14.3 Å². The van der Waals surface area contributed by atoms with E-state index < -0.39 is 5.82 Å². The van der Waals surface area contributed by atoms with Gasteiger partial charge in [-0.1, -0.05) is 24.1 Å². The van der Waals surface area contributed by atoms with Gasteiger partial charge in [-0.05, 0) is 30.5 Å².